The molecule has 0 aromatic rings. The van der Waals surface area contributed by atoms with E-state index in [1.165, 1.54) is 25.3 Å². The maximum Gasteiger partial charge on any atom is 0.506 e. The number of aliphatic hydroxyl groups is 1. The maximum atomic E-state index is 9.49. The first-order valence-corrected chi connectivity index (χ1v) is 4.81. The first-order chi connectivity index (χ1) is 6.66. The molecule has 0 spiro atoms. The summed E-state index contributed by atoms with van der Waals surface area (Å²) in [5, 5.41) is 16.7. The second-order valence-corrected chi connectivity index (χ2v) is 3.16. The number of carbonyl (C=O) groups is 1. The summed E-state index contributed by atoms with van der Waals surface area (Å²) in [6, 6.07) is 0. The van der Waals surface area contributed by atoms with Gasteiger partial charge >= 0.3 is 6.16 Å². The molecule has 0 aromatic heterocycles. The van der Waals surface area contributed by atoms with Gasteiger partial charge in [-0.25, -0.2) is 4.79 Å². The van der Waals surface area contributed by atoms with Gasteiger partial charge in [0.1, 0.15) is 6.61 Å². The predicted molar refractivity (Wildman–Crippen MR) is 53.3 cm³/mol. The molecule has 4 heteroatoms. The number of rotatable bonds is 2. The first-order valence-electron chi connectivity index (χ1n) is 4.81. The van der Waals surface area contributed by atoms with Gasteiger partial charge in [-0.15, -0.1) is 0 Å². The fourth-order valence-electron chi connectivity index (χ4n) is 1.21. The molecule has 0 bridgehead atoms. The summed E-state index contributed by atoms with van der Waals surface area (Å²) in [4.78, 5) is 9.49. The van der Waals surface area contributed by atoms with Crippen molar-refractivity contribution in [1.82, 2.24) is 0 Å². The van der Waals surface area contributed by atoms with E-state index in [9.17, 15) is 4.79 Å². The molecule has 0 atom stereocenters. The molecule has 1 aliphatic rings. The lowest BCUT2D eigenvalue weighted by Crippen LogP contribution is -2.09. The van der Waals surface area contributed by atoms with Crippen LogP contribution in [0, 0.1) is 0 Å². The van der Waals surface area contributed by atoms with Gasteiger partial charge in [-0.3, -0.25) is 0 Å². The van der Waals surface area contributed by atoms with Gasteiger partial charge in [0.2, 0.25) is 0 Å². The van der Waals surface area contributed by atoms with Crippen molar-refractivity contribution in [3.05, 3.63) is 12.7 Å². The van der Waals surface area contributed by atoms with Crippen molar-refractivity contribution in [3.8, 4) is 0 Å². The topological polar surface area (TPSA) is 66.8 Å². The predicted octanol–water partition coefficient (Wildman–Crippen LogP) is 2.18. The third kappa shape index (κ3) is 9.06. The molecule has 1 saturated carbocycles. The summed E-state index contributed by atoms with van der Waals surface area (Å²) in [5.74, 6) is 0. The second-order valence-electron chi connectivity index (χ2n) is 3.16. The Labute approximate surface area is 84.2 Å². The van der Waals surface area contributed by atoms with Gasteiger partial charge in [0.15, 0.2) is 0 Å². The Balaban J connectivity index is 0.000000241. The number of hydrogen-bond acceptors (Lipinski definition) is 3. The molecule has 1 rings (SSSR count). The average Bonchev–Trinajstić information content (AvgIpc) is 2.17. The normalized spacial score (nSPS) is 16.4. The van der Waals surface area contributed by atoms with Crippen LogP contribution in [0.25, 0.3) is 0 Å². The Morgan fingerprint density at radius 3 is 2.21 bits per heavy atom. The summed E-state index contributed by atoms with van der Waals surface area (Å²) >= 11 is 0. The molecule has 0 heterocycles. The third-order valence-corrected chi connectivity index (χ3v) is 1.90. The van der Waals surface area contributed by atoms with Crippen molar-refractivity contribution < 1.29 is 19.7 Å². The van der Waals surface area contributed by atoms with E-state index < -0.39 is 6.16 Å². The minimum atomic E-state index is -1.26. The van der Waals surface area contributed by atoms with Crippen molar-refractivity contribution >= 4 is 6.16 Å². The molecular formula is C10H18O4. The Bertz CT molecular complexity index is 162. The van der Waals surface area contributed by atoms with Gasteiger partial charge in [0, 0.05) is 0 Å². The lowest BCUT2D eigenvalue weighted by Gasteiger charge is -2.14. The van der Waals surface area contributed by atoms with Crippen molar-refractivity contribution in [2.75, 3.05) is 6.61 Å². The smallest absolute Gasteiger partial charge is 0.450 e. The van der Waals surface area contributed by atoms with Crippen LogP contribution in [0.2, 0.25) is 0 Å². The quantitative estimate of drug-likeness (QED) is 0.532. The molecule has 0 unspecified atom stereocenters. The van der Waals surface area contributed by atoms with Gasteiger partial charge in [0.05, 0.1) is 6.10 Å². The first kappa shape index (κ1) is 13.0. The molecule has 14 heavy (non-hydrogen) atoms. The van der Waals surface area contributed by atoms with Crippen LogP contribution in [0.1, 0.15) is 32.1 Å². The molecule has 0 amide bonds. The van der Waals surface area contributed by atoms with Gasteiger partial charge in [-0.1, -0.05) is 31.9 Å². The number of carboxylic acid groups (broad SMARTS) is 1. The van der Waals surface area contributed by atoms with Crippen LogP contribution in [0.15, 0.2) is 12.7 Å². The lowest BCUT2D eigenvalue weighted by molar-refractivity contribution is 0.102. The molecule has 1 fully saturated rings. The van der Waals surface area contributed by atoms with Crippen LogP contribution in [-0.2, 0) is 4.74 Å². The van der Waals surface area contributed by atoms with Crippen LogP contribution in [0.3, 0.4) is 0 Å². The summed E-state index contributed by atoms with van der Waals surface area (Å²) in [6.07, 6.45) is 6.03. The van der Waals surface area contributed by atoms with Crippen molar-refractivity contribution in [1.29, 1.82) is 0 Å². The standard InChI is InChI=1S/C6H12O.C4H6O3/c7-6-4-2-1-3-5-6;1-2-3-7-4(5)6/h6-7H,1-5H2;2H,1,3H2,(H,5,6). The van der Waals surface area contributed by atoms with Crippen LogP contribution in [0.5, 0.6) is 0 Å². The molecular weight excluding hydrogens is 184 g/mol. The molecule has 4 nitrogen and oxygen atoms in total. The highest BCUT2D eigenvalue weighted by molar-refractivity contribution is 5.56. The van der Waals surface area contributed by atoms with E-state index in [1.54, 1.807) is 0 Å². The van der Waals surface area contributed by atoms with E-state index >= 15 is 0 Å². The number of ether oxygens (including phenoxy) is 1. The van der Waals surface area contributed by atoms with Gasteiger partial charge in [-0.05, 0) is 12.8 Å². The minimum absolute atomic E-state index is 0.0359. The van der Waals surface area contributed by atoms with Crippen LogP contribution < -0.4 is 0 Å². The SMILES string of the molecule is C=CCOC(=O)O.OC1CCCCC1. The minimum Gasteiger partial charge on any atom is -0.450 e. The Morgan fingerprint density at radius 1 is 1.43 bits per heavy atom. The maximum absolute atomic E-state index is 9.49. The summed E-state index contributed by atoms with van der Waals surface area (Å²) < 4.78 is 3.99. The molecule has 0 saturated heterocycles. The van der Waals surface area contributed by atoms with E-state index in [0.29, 0.717) is 0 Å². The Hall–Kier alpha value is -1.03. The van der Waals surface area contributed by atoms with Crippen molar-refractivity contribution in [2.45, 2.75) is 38.2 Å². The third-order valence-electron chi connectivity index (χ3n) is 1.90. The zero-order chi connectivity index (χ0) is 10.8. The van der Waals surface area contributed by atoms with Crippen LogP contribution in [0.4, 0.5) is 4.79 Å². The fraction of sp³-hybridized carbons (Fsp3) is 0.700. The molecule has 82 valence electrons. The van der Waals surface area contributed by atoms with E-state index in [2.05, 4.69) is 11.3 Å². The Morgan fingerprint density at radius 2 is 2.00 bits per heavy atom. The van der Waals surface area contributed by atoms with Gasteiger partial charge in [0.25, 0.3) is 0 Å². The molecule has 0 radical (unpaired) electrons. The lowest BCUT2D eigenvalue weighted by atomic mass is 9.98. The zero-order valence-electron chi connectivity index (χ0n) is 8.32. The molecule has 1 aliphatic carbocycles. The van der Waals surface area contributed by atoms with E-state index in [-0.39, 0.29) is 12.7 Å². The van der Waals surface area contributed by atoms with Gasteiger partial charge < -0.3 is 14.9 Å². The average molecular weight is 202 g/mol. The number of hydrogen-bond donors (Lipinski definition) is 2. The molecule has 0 aliphatic heterocycles. The molecule has 2 N–H and O–H groups in total. The number of aliphatic hydroxyl groups excluding tert-OH is 1. The zero-order valence-corrected chi connectivity index (χ0v) is 8.32. The van der Waals surface area contributed by atoms with E-state index in [0.717, 1.165) is 12.8 Å². The van der Waals surface area contributed by atoms with Crippen molar-refractivity contribution in [2.24, 2.45) is 0 Å². The Kier molecular flexibility index (Phi) is 7.93. The van der Waals surface area contributed by atoms with Crippen LogP contribution >= 0.6 is 0 Å². The van der Waals surface area contributed by atoms with E-state index in [4.69, 9.17) is 10.2 Å². The highest BCUT2D eigenvalue weighted by atomic mass is 16.7. The second kappa shape index (κ2) is 8.56. The molecule has 0 aromatic carbocycles. The highest BCUT2D eigenvalue weighted by Crippen LogP contribution is 2.16. The largest absolute Gasteiger partial charge is 0.506 e. The fourth-order valence-corrected chi connectivity index (χ4v) is 1.21. The highest BCUT2D eigenvalue weighted by Gasteiger charge is 2.07. The summed E-state index contributed by atoms with van der Waals surface area (Å²) in [6.45, 7) is 3.31. The van der Waals surface area contributed by atoms with E-state index in [1.807, 2.05) is 0 Å². The summed E-state index contributed by atoms with van der Waals surface area (Å²) in [7, 11) is 0. The monoisotopic (exact) mass is 202 g/mol. The van der Waals surface area contributed by atoms with Gasteiger partial charge in [-0.2, -0.15) is 0 Å². The van der Waals surface area contributed by atoms with Crippen LogP contribution in [-0.4, -0.2) is 29.1 Å². The van der Waals surface area contributed by atoms with Crippen molar-refractivity contribution in [3.63, 3.8) is 0 Å². The summed E-state index contributed by atoms with van der Waals surface area (Å²) in [5.41, 5.74) is 0.